The van der Waals surface area contributed by atoms with Crippen molar-refractivity contribution >= 4 is 5.91 Å². The van der Waals surface area contributed by atoms with Crippen molar-refractivity contribution < 1.29 is 4.79 Å². The van der Waals surface area contributed by atoms with Gasteiger partial charge in [0.2, 0.25) is 5.91 Å². The van der Waals surface area contributed by atoms with E-state index in [0.717, 1.165) is 13.1 Å². The van der Waals surface area contributed by atoms with Crippen molar-refractivity contribution in [2.24, 2.45) is 10.8 Å². The Labute approximate surface area is 117 Å². The molecule has 2 heterocycles. The zero-order chi connectivity index (χ0) is 13.7. The molecule has 0 aromatic carbocycles. The van der Waals surface area contributed by atoms with E-state index in [1.54, 1.807) is 0 Å². The number of likely N-dealkylation sites (tertiary alicyclic amines) is 1. The molecule has 1 aliphatic carbocycles. The molecular weight excluding hydrogens is 236 g/mol. The van der Waals surface area contributed by atoms with Gasteiger partial charge in [-0.2, -0.15) is 0 Å². The second-order valence-electron chi connectivity index (χ2n) is 8.23. The van der Waals surface area contributed by atoms with Crippen molar-refractivity contribution in [3.63, 3.8) is 0 Å². The molecule has 3 fully saturated rings. The van der Waals surface area contributed by atoms with Gasteiger partial charge in [0.1, 0.15) is 0 Å². The summed E-state index contributed by atoms with van der Waals surface area (Å²) in [5.41, 5.74) is 0.767. The van der Waals surface area contributed by atoms with Crippen molar-refractivity contribution in [3.8, 4) is 0 Å². The molecule has 1 saturated carbocycles. The van der Waals surface area contributed by atoms with Gasteiger partial charge in [-0.1, -0.05) is 20.8 Å². The fourth-order valence-electron chi connectivity index (χ4n) is 5.01. The summed E-state index contributed by atoms with van der Waals surface area (Å²) in [5.74, 6) is 0.394. The van der Waals surface area contributed by atoms with Crippen LogP contribution in [-0.2, 0) is 4.79 Å². The molecule has 0 radical (unpaired) electrons. The number of nitrogens with zero attached hydrogens (tertiary/aromatic N) is 1. The maximum Gasteiger partial charge on any atom is 0.224 e. The summed E-state index contributed by atoms with van der Waals surface area (Å²) >= 11 is 0. The van der Waals surface area contributed by atoms with Gasteiger partial charge in [-0.05, 0) is 49.5 Å². The molecular formula is C16H28N2O. The fraction of sp³-hybridized carbons (Fsp3) is 0.938. The predicted octanol–water partition coefficient (Wildman–Crippen LogP) is 2.56. The minimum absolute atomic E-state index is 0.366. The highest BCUT2D eigenvalue weighted by atomic mass is 16.2. The highest BCUT2D eigenvalue weighted by molar-refractivity contribution is 5.77. The van der Waals surface area contributed by atoms with E-state index < -0.39 is 0 Å². The Hall–Kier alpha value is -0.570. The summed E-state index contributed by atoms with van der Waals surface area (Å²) in [6.07, 6.45) is 6.79. The summed E-state index contributed by atoms with van der Waals surface area (Å²) < 4.78 is 0. The van der Waals surface area contributed by atoms with Crippen molar-refractivity contribution in [3.05, 3.63) is 0 Å². The molecule has 1 N–H and O–H groups in total. The number of nitrogens with one attached hydrogen (secondary N) is 1. The minimum atomic E-state index is 0.366. The molecule has 2 bridgehead atoms. The van der Waals surface area contributed by atoms with E-state index >= 15 is 0 Å². The fourth-order valence-corrected chi connectivity index (χ4v) is 5.01. The van der Waals surface area contributed by atoms with Crippen LogP contribution in [-0.4, -0.2) is 36.0 Å². The quantitative estimate of drug-likeness (QED) is 0.831. The van der Waals surface area contributed by atoms with E-state index in [0.29, 0.717) is 35.2 Å². The summed E-state index contributed by atoms with van der Waals surface area (Å²) in [6.45, 7) is 9.19. The van der Waals surface area contributed by atoms with E-state index in [-0.39, 0.29) is 0 Å². The van der Waals surface area contributed by atoms with Crippen LogP contribution >= 0.6 is 0 Å². The van der Waals surface area contributed by atoms with Crippen LogP contribution in [0.15, 0.2) is 0 Å². The van der Waals surface area contributed by atoms with Gasteiger partial charge < -0.3 is 10.2 Å². The Morgan fingerprint density at radius 3 is 2.79 bits per heavy atom. The van der Waals surface area contributed by atoms with Gasteiger partial charge in [0.25, 0.3) is 0 Å². The summed E-state index contributed by atoms with van der Waals surface area (Å²) in [5, 5.41) is 3.45. The second kappa shape index (κ2) is 4.47. The Morgan fingerprint density at radius 2 is 2.11 bits per heavy atom. The van der Waals surface area contributed by atoms with E-state index in [4.69, 9.17) is 0 Å². The number of hydrogen-bond acceptors (Lipinski definition) is 2. The predicted molar refractivity (Wildman–Crippen MR) is 76.9 cm³/mol. The zero-order valence-electron chi connectivity index (χ0n) is 12.7. The van der Waals surface area contributed by atoms with Crippen LogP contribution in [0.25, 0.3) is 0 Å². The first kappa shape index (κ1) is 13.4. The van der Waals surface area contributed by atoms with Crippen LogP contribution in [0.5, 0.6) is 0 Å². The molecule has 19 heavy (non-hydrogen) atoms. The first-order valence-corrected chi connectivity index (χ1v) is 7.90. The summed E-state index contributed by atoms with van der Waals surface area (Å²) in [4.78, 5) is 14.8. The van der Waals surface area contributed by atoms with E-state index in [1.807, 2.05) is 0 Å². The largest absolute Gasteiger partial charge is 0.339 e. The average molecular weight is 264 g/mol. The Bertz CT molecular complexity index is 373. The monoisotopic (exact) mass is 264 g/mol. The lowest BCUT2D eigenvalue weighted by atomic mass is 9.65. The highest BCUT2D eigenvalue weighted by Gasteiger charge is 2.50. The molecule has 3 unspecified atom stereocenters. The van der Waals surface area contributed by atoms with Crippen LogP contribution in [0.2, 0.25) is 0 Å². The number of carbonyl (C=O) groups is 1. The molecule has 0 aromatic heterocycles. The maximum atomic E-state index is 12.6. The molecule has 3 atom stereocenters. The van der Waals surface area contributed by atoms with Crippen LogP contribution in [0.4, 0.5) is 0 Å². The van der Waals surface area contributed by atoms with Crippen molar-refractivity contribution in [1.29, 1.82) is 0 Å². The number of amides is 1. The smallest absolute Gasteiger partial charge is 0.224 e. The molecule has 3 aliphatic rings. The lowest BCUT2D eigenvalue weighted by Gasteiger charge is -2.39. The lowest BCUT2D eigenvalue weighted by Crippen LogP contribution is -2.40. The molecule has 0 spiro atoms. The number of hydrogen-bond donors (Lipinski definition) is 1. The normalized spacial score (nSPS) is 40.7. The van der Waals surface area contributed by atoms with Gasteiger partial charge in [0.15, 0.2) is 0 Å². The second-order valence-corrected chi connectivity index (χ2v) is 8.23. The Balaban J connectivity index is 1.67. The van der Waals surface area contributed by atoms with Gasteiger partial charge >= 0.3 is 0 Å². The van der Waals surface area contributed by atoms with Crippen LogP contribution < -0.4 is 5.32 Å². The summed E-state index contributed by atoms with van der Waals surface area (Å²) in [7, 11) is 0. The third kappa shape index (κ3) is 2.67. The molecule has 3 rings (SSSR count). The van der Waals surface area contributed by atoms with Crippen LogP contribution in [0.1, 0.15) is 59.3 Å². The van der Waals surface area contributed by atoms with E-state index in [2.05, 4.69) is 31.0 Å². The third-order valence-electron chi connectivity index (χ3n) is 5.32. The minimum Gasteiger partial charge on any atom is -0.339 e. The summed E-state index contributed by atoms with van der Waals surface area (Å²) in [6, 6.07) is 0.941. The van der Waals surface area contributed by atoms with Crippen molar-refractivity contribution in [1.82, 2.24) is 10.2 Å². The van der Waals surface area contributed by atoms with Crippen LogP contribution in [0.3, 0.4) is 0 Å². The highest BCUT2D eigenvalue weighted by Crippen LogP contribution is 2.52. The van der Waals surface area contributed by atoms with Crippen molar-refractivity contribution in [2.75, 3.05) is 13.1 Å². The lowest BCUT2D eigenvalue weighted by molar-refractivity contribution is -0.132. The first-order chi connectivity index (χ1) is 8.87. The Morgan fingerprint density at radius 1 is 1.32 bits per heavy atom. The van der Waals surface area contributed by atoms with E-state index in [9.17, 15) is 4.79 Å². The molecule has 2 saturated heterocycles. The average Bonchev–Trinajstić information content (AvgIpc) is 2.83. The SMILES string of the molecule is CC1(C)CC2CC(C)(CN2C(=O)CC2CCCN2)C1. The standard InChI is InChI=1S/C16H28N2O/c1-15(2)8-13-9-16(3,10-15)11-18(13)14(19)7-12-5-4-6-17-12/h12-13,17H,4-11H2,1-3H3. The molecule has 108 valence electrons. The number of fused-ring (bicyclic) bond motifs is 2. The molecule has 1 amide bonds. The Kier molecular flexibility index (Phi) is 3.16. The van der Waals surface area contributed by atoms with Crippen LogP contribution in [0, 0.1) is 10.8 Å². The van der Waals surface area contributed by atoms with Gasteiger partial charge in [0.05, 0.1) is 0 Å². The van der Waals surface area contributed by atoms with Gasteiger partial charge in [-0.15, -0.1) is 0 Å². The molecule has 3 nitrogen and oxygen atoms in total. The zero-order valence-corrected chi connectivity index (χ0v) is 12.7. The molecule has 3 heteroatoms. The van der Waals surface area contributed by atoms with Crippen molar-refractivity contribution in [2.45, 2.75) is 71.4 Å². The third-order valence-corrected chi connectivity index (χ3v) is 5.32. The topological polar surface area (TPSA) is 32.3 Å². The van der Waals surface area contributed by atoms with Gasteiger partial charge in [0, 0.05) is 25.0 Å². The maximum absolute atomic E-state index is 12.6. The number of carbonyl (C=O) groups excluding carboxylic acids is 1. The molecule has 0 aromatic rings. The number of rotatable bonds is 2. The van der Waals surface area contributed by atoms with Gasteiger partial charge in [-0.3, -0.25) is 4.79 Å². The molecule has 2 aliphatic heterocycles. The van der Waals surface area contributed by atoms with E-state index in [1.165, 1.54) is 32.1 Å². The van der Waals surface area contributed by atoms with Gasteiger partial charge in [-0.25, -0.2) is 0 Å². The first-order valence-electron chi connectivity index (χ1n) is 7.90.